The van der Waals surface area contributed by atoms with Crippen molar-refractivity contribution in [3.05, 3.63) is 69.2 Å². The molecule has 8 nitrogen and oxygen atoms in total. The maximum atomic E-state index is 13.6. The fourth-order valence-electron chi connectivity index (χ4n) is 5.72. The van der Waals surface area contributed by atoms with Gasteiger partial charge in [0, 0.05) is 41.7 Å². The number of benzene rings is 2. The Bertz CT molecular complexity index is 1260. The fourth-order valence-corrected chi connectivity index (χ4v) is 7.78. The van der Waals surface area contributed by atoms with Gasteiger partial charge in [0.1, 0.15) is 11.9 Å². The lowest BCUT2D eigenvalue weighted by atomic mass is 9.87. The van der Waals surface area contributed by atoms with Crippen LogP contribution in [0.1, 0.15) is 53.8 Å². The standard InChI is InChI=1S/C30H36Cl2N4O4S/c31-21-9-10-23(24(32)17-21)30-36(19-28(38)33-11-4-12-35-13-15-40-16-14-35)29(39)26(41-30)18-27(37)34-25-8-3-6-20-5-1-2-7-22(20)25/h1-2,5,7,9-10,17,25-26,30H,3-4,6,8,11-16,18-19H2,(H,33,38)(H,34,37)/t25?,26-,30-/m1/s1. The van der Waals surface area contributed by atoms with Gasteiger partial charge in [0.25, 0.3) is 0 Å². The van der Waals surface area contributed by atoms with E-state index in [1.807, 2.05) is 12.1 Å². The van der Waals surface area contributed by atoms with Crippen LogP contribution in [-0.2, 0) is 25.5 Å². The van der Waals surface area contributed by atoms with E-state index in [0.717, 1.165) is 64.1 Å². The van der Waals surface area contributed by atoms with Crippen LogP contribution in [0, 0.1) is 0 Å². The zero-order chi connectivity index (χ0) is 28.8. The van der Waals surface area contributed by atoms with Gasteiger partial charge in [-0.25, -0.2) is 0 Å². The number of carbonyl (C=O) groups is 3. The minimum absolute atomic E-state index is 0.0293. The van der Waals surface area contributed by atoms with Crippen molar-refractivity contribution in [3.8, 4) is 0 Å². The number of nitrogens with one attached hydrogen (secondary N) is 2. The van der Waals surface area contributed by atoms with Crippen molar-refractivity contribution in [2.75, 3.05) is 45.9 Å². The molecule has 0 bridgehead atoms. The van der Waals surface area contributed by atoms with Gasteiger partial charge in [0.15, 0.2) is 0 Å². The molecule has 2 saturated heterocycles. The normalized spacial score (nSPS) is 22.8. The van der Waals surface area contributed by atoms with E-state index in [1.54, 1.807) is 18.2 Å². The third-order valence-corrected chi connectivity index (χ3v) is 9.86. The summed E-state index contributed by atoms with van der Waals surface area (Å²) in [6, 6.07) is 13.3. The number of halogens is 2. The summed E-state index contributed by atoms with van der Waals surface area (Å²) in [4.78, 5) is 43.6. The lowest BCUT2D eigenvalue weighted by Crippen LogP contribution is -2.42. The molecule has 0 radical (unpaired) electrons. The number of hydrogen-bond donors (Lipinski definition) is 2. The maximum Gasteiger partial charge on any atom is 0.239 e. The number of thioether (sulfide) groups is 1. The Hall–Kier alpha value is -2.30. The Kier molecular flexibility index (Phi) is 10.5. The molecule has 41 heavy (non-hydrogen) atoms. The van der Waals surface area contributed by atoms with E-state index in [-0.39, 0.29) is 36.7 Å². The molecule has 1 aliphatic carbocycles. The second-order valence-corrected chi connectivity index (χ2v) is 12.8. The van der Waals surface area contributed by atoms with Crippen LogP contribution in [0.2, 0.25) is 10.0 Å². The molecule has 3 atom stereocenters. The molecule has 11 heteroatoms. The highest BCUT2D eigenvalue weighted by Gasteiger charge is 2.43. The Morgan fingerprint density at radius 2 is 1.85 bits per heavy atom. The lowest BCUT2D eigenvalue weighted by Gasteiger charge is -2.27. The minimum Gasteiger partial charge on any atom is -0.379 e. The Morgan fingerprint density at radius 1 is 1.05 bits per heavy atom. The monoisotopic (exact) mass is 618 g/mol. The van der Waals surface area contributed by atoms with Gasteiger partial charge in [-0.15, -0.1) is 11.8 Å². The van der Waals surface area contributed by atoms with Crippen molar-refractivity contribution in [1.29, 1.82) is 0 Å². The Labute approximate surface area is 255 Å². The number of hydrogen-bond acceptors (Lipinski definition) is 6. The summed E-state index contributed by atoms with van der Waals surface area (Å²) >= 11 is 14.0. The van der Waals surface area contributed by atoms with E-state index in [4.69, 9.17) is 27.9 Å². The summed E-state index contributed by atoms with van der Waals surface area (Å²) in [7, 11) is 0. The first-order chi connectivity index (χ1) is 19.9. The predicted octanol–water partition coefficient (Wildman–Crippen LogP) is 4.36. The van der Waals surface area contributed by atoms with Gasteiger partial charge in [-0.1, -0.05) is 53.5 Å². The fraction of sp³-hybridized carbons (Fsp3) is 0.500. The van der Waals surface area contributed by atoms with Crippen molar-refractivity contribution >= 4 is 52.7 Å². The molecule has 2 heterocycles. The molecule has 220 valence electrons. The average molecular weight is 620 g/mol. The third kappa shape index (κ3) is 7.76. The number of fused-ring (bicyclic) bond motifs is 1. The number of morpholine rings is 1. The van der Waals surface area contributed by atoms with Crippen molar-refractivity contribution < 1.29 is 19.1 Å². The number of carbonyl (C=O) groups excluding carboxylic acids is 3. The highest BCUT2D eigenvalue weighted by atomic mass is 35.5. The first-order valence-corrected chi connectivity index (χ1v) is 15.9. The highest BCUT2D eigenvalue weighted by molar-refractivity contribution is 8.01. The van der Waals surface area contributed by atoms with Gasteiger partial charge in [0.05, 0.1) is 24.5 Å². The van der Waals surface area contributed by atoms with Gasteiger partial charge in [-0.2, -0.15) is 0 Å². The van der Waals surface area contributed by atoms with E-state index in [1.165, 1.54) is 22.2 Å². The zero-order valence-electron chi connectivity index (χ0n) is 23.0. The number of nitrogens with zero attached hydrogens (tertiary/aromatic N) is 2. The lowest BCUT2D eigenvalue weighted by molar-refractivity contribution is -0.136. The van der Waals surface area contributed by atoms with Crippen LogP contribution in [0.5, 0.6) is 0 Å². The van der Waals surface area contributed by atoms with Crippen LogP contribution in [-0.4, -0.2) is 78.7 Å². The van der Waals surface area contributed by atoms with Gasteiger partial charge < -0.3 is 20.3 Å². The smallest absolute Gasteiger partial charge is 0.239 e. The molecule has 0 spiro atoms. The second kappa shape index (κ2) is 14.2. The molecule has 1 unspecified atom stereocenters. The van der Waals surface area contributed by atoms with Crippen LogP contribution >= 0.6 is 35.0 Å². The van der Waals surface area contributed by atoms with Crippen molar-refractivity contribution in [1.82, 2.24) is 20.4 Å². The largest absolute Gasteiger partial charge is 0.379 e. The molecule has 3 aliphatic rings. The van der Waals surface area contributed by atoms with Gasteiger partial charge in [0.2, 0.25) is 17.7 Å². The first kappa shape index (κ1) is 30.2. The molecule has 2 aromatic carbocycles. The van der Waals surface area contributed by atoms with Crippen LogP contribution < -0.4 is 10.6 Å². The molecule has 2 N–H and O–H groups in total. The van der Waals surface area contributed by atoms with Gasteiger partial charge in [-0.05, 0) is 55.5 Å². The molecule has 0 aromatic heterocycles. The van der Waals surface area contributed by atoms with Crippen LogP contribution in [0.15, 0.2) is 42.5 Å². The van der Waals surface area contributed by atoms with Crippen molar-refractivity contribution in [3.63, 3.8) is 0 Å². The predicted molar refractivity (Wildman–Crippen MR) is 162 cm³/mol. The number of rotatable bonds is 10. The molecule has 3 amide bonds. The summed E-state index contributed by atoms with van der Waals surface area (Å²) in [5.74, 6) is -0.651. The summed E-state index contributed by atoms with van der Waals surface area (Å²) in [5, 5.41) is 5.89. The van der Waals surface area contributed by atoms with E-state index >= 15 is 0 Å². The Balaban J connectivity index is 1.22. The van der Waals surface area contributed by atoms with Crippen LogP contribution in [0.25, 0.3) is 0 Å². The molecule has 5 rings (SSSR count). The van der Waals surface area contributed by atoms with E-state index in [2.05, 4.69) is 27.7 Å². The topological polar surface area (TPSA) is 91.0 Å². The SMILES string of the molecule is O=C(CN1C(=O)[C@@H](CC(=O)NC2CCCc3ccccc32)S[C@@H]1c1ccc(Cl)cc1Cl)NCCCN1CCOCC1. The minimum atomic E-state index is -0.625. The van der Waals surface area contributed by atoms with Gasteiger partial charge in [-0.3, -0.25) is 19.3 Å². The summed E-state index contributed by atoms with van der Waals surface area (Å²) in [6.45, 7) is 4.57. The molecular weight excluding hydrogens is 583 g/mol. The third-order valence-electron chi connectivity index (χ3n) is 7.83. The first-order valence-electron chi connectivity index (χ1n) is 14.2. The van der Waals surface area contributed by atoms with Crippen LogP contribution in [0.4, 0.5) is 0 Å². The number of ether oxygens (including phenoxy) is 1. The average Bonchev–Trinajstić information content (AvgIpc) is 3.25. The van der Waals surface area contributed by atoms with E-state index < -0.39 is 10.6 Å². The number of amides is 3. The van der Waals surface area contributed by atoms with Crippen molar-refractivity contribution in [2.45, 2.75) is 48.8 Å². The summed E-state index contributed by atoms with van der Waals surface area (Å²) in [6.07, 6.45) is 3.73. The van der Waals surface area contributed by atoms with E-state index in [9.17, 15) is 14.4 Å². The molecule has 0 saturated carbocycles. The van der Waals surface area contributed by atoms with Crippen molar-refractivity contribution in [2.24, 2.45) is 0 Å². The molecular formula is C30H36Cl2N4O4S. The number of aryl methyl sites for hydroxylation is 1. The summed E-state index contributed by atoms with van der Waals surface area (Å²) in [5.41, 5.74) is 3.10. The molecule has 2 fully saturated rings. The van der Waals surface area contributed by atoms with Gasteiger partial charge >= 0.3 is 0 Å². The molecule has 2 aromatic rings. The van der Waals surface area contributed by atoms with E-state index in [0.29, 0.717) is 22.2 Å². The quantitative estimate of drug-likeness (QED) is 0.385. The second-order valence-electron chi connectivity index (χ2n) is 10.7. The zero-order valence-corrected chi connectivity index (χ0v) is 25.3. The highest BCUT2D eigenvalue weighted by Crippen LogP contribution is 2.46. The summed E-state index contributed by atoms with van der Waals surface area (Å²) < 4.78 is 5.38. The Morgan fingerprint density at radius 3 is 2.66 bits per heavy atom. The molecule has 2 aliphatic heterocycles. The maximum absolute atomic E-state index is 13.6. The van der Waals surface area contributed by atoms with Crippen LogP contribution in [0.3, 0.4) is 0 Å².